The van der Waals surface area contributed by atoms with Gasteiger partial charge >= 0.3 is 0 Å². The lowest BCUT2D eigenvalue weighted by atomic mass is 10.0. The number of sulfone groups is 1. The molecule has 0 bridgehead atoms. The number of hydrogen-bond donors (Lipinski definition) is 1. The maximum Gasteiger partial charge on any atom is 0.287 e. The molecule has 0 radical (unpaired) electrons. The molecule has 9 heteroatoms. The fourth-order valence-corrected chi connectivity index (χ4v) is 5.05. The molecule has 0 saturated heterocycles. The number of amides is 1. The highest BCUT2D eigenvalue weighted by molar-refractivity contribution is 7.91. The molecule has 0 fully saturated rings. The molecule has 0 spiro atoms. The van der Waals surface area contributed by atoms with E-state index >= 15 is 0 Å². The number of aryl methyl sites for hydroxylation is 1. The van der Waals surface area contributed by atoms with E-state index in [9.17, 15) is 13.2 Å². The van der Waals surface area contributed by atoms with Gasteiger partial charge < -0.3 is 19.2 Å². The lowest BCUT2D eigenvalue weighted by Crippen LogP contribution is -2.38. The molecule has 3 aromatic rings. The highest BCUT2D eigenvalue weighted by atomic mass is 32.2. The molecule has 1 aromatic heterocycles. The van der Waals surface area contributed by atoms with Crippen LogP contribution in [-0.4, -0.2) is 53.1 Å². The van der Waals surface area contributed by atoms with Crippen LogP contribution in [0.1, 0.15) is 41.6 Å². The lowest BCUT2D eigenvalue weighted by Gasteiger charge is -2.30. The molecule has 35 heavy (non-hydrogen) atoms. The summed E-state index contributed by atoms with van der Waals surface area (Å²) in [6.45, 7) is 7.80. The topological polar surface area (TPSA) is 98.1 Å². The third-order valence-electron chi connectivity index (χ3n) is 5.90. The molecule has 1 unspecified atom stereocenters. The van der Waals surface area contributed by atoms with Crippen molar-refractivity contribution < 1.29 is 27.1 Å². The zero-order valence-electron chi connectivity index (χ0n) is 20.7. The van der Waals surface area contributed by atoms with E-state index in [1.807, 2.05) is 39.0 Å². The van der Waals surface area contributed by atoms with Gasteiger partial charge in [0.15, 0.2) is 17.3 Å². The summed E-state index contributed by atoms with van der Waals surface area (Å²) in [4.78, 5) is 15.2. The molecule has 8 nitrogen and oxygen atoms in total. The molecule has 0 aliphatic rings. The quantitative estimate of drug-likeness (QED) is 0.420. The number of benzene rings is 2. The summed E-state index contributed by atoms with van der Waals surface area (Å²) in [6.07, 6.45) is 0. The molecule has 1 N–H and O–H groups in total. The van der Waals surface area contributed by atoms with Gasteiger partial charge in [-0.2, -0.15) is 0 Å². The second-order valence-electron chi connectivity index (χ2n) is 8.00. The van der Waals surface area contributed by atoms with Gasteiger partial charge in [0.25, 0.3) is 5.91 Å². The van der Waals surface area contributed by atoms with E-state index in [2.05, 4.69) is 10.2 Å². The van der Waals surface area contributed by atoms with Crippen molar-refractivity contribution in [3.8, 4) is 11.5 Å². The van der Waals surface area contributed by atoms with E-state index < -0.39 is 15.7 Å². The molecule has 1 heterocycles. The average molecular weight is 501 g/mol. The summed E-state index contributed by atoms with van der Waals surface area (Å²) < 4.78 is 42.0. The monoisotopic (exact) mass is 500 g/mol. The SMILES string of the molecule is CCN(CC)C(CNC(=O)c1ccc(S(=O)(=O)c2ccc(C)cc2)o1)c1ccc(OC)c(OC)c1. The van der Waals surface area contributed by atoms with Gasteiger partial charge in [-0.25, -0.2) is 8.42 Å². The fraction of sp³-hybridized carbons (Fsp3) is 0.346. The number of likely N-dealkylation sites (N-methyl/N-ethyl adjacent to an activating group) is 1. The Kier molecular flexibility index (Phi) is 8.58. The van der Waals surface area contributed by atoms with Gasteiger partial charge in [-0.15, -0.1) is 0 Å². The lowest BCUT2D eigenvalue weighted by molar-refractivity contribution is 0.0902. The van der Waals surface area contributed by atoms with E-state index in [0.29, 0.717) is 11.5 Å². The first kappa shape index (κ1) is 26.3. The summed E-state index contributed by atoms with van der Waals surface area (Å²) in [7, 11) is -0.701. The maximum atomic E-state index is 12.9. The van der Waals surface area contributed by atoms with E-state index in [-0.39, 0.29) is 28.3 Å². The Balaban J connectivity index is 1.79. The van der Waals surface area contributed by atoms with Gasteiger partial charge in [0, 0.05) is 6.54 Å². The predicted molar refractivity (Wildman–Crippen MR) is 133 cm³/mol. The Bertz CT molecular complexity index is 1250. The minimum atomic E-state index is -3.86. The molecule has 1 atom stereocenters. The molecule has 0 aliphatic heterocycles. The smallest absolute Gasteiger partial charge is 0.287 e. The molecule has 188 valence electrons. The van der Waals surface area contributed by atoms with Gasteiger partial charge in [-0.05, 0) is 62.0 Å². The van der Waals surface area contributed by atoms with Crippen molar-refractivity contribution in [2.75, 3.05) is 33.9 Å². The second-order valence-corrected chi connectivity index (χ2v) is 9.88. The van der Waals surface area contributed by atoms with Crippen molar-refractivity contribution >= 4 is 15.7 Å². The Morgan fingerprint density at radius 2 is 1.63 bits per heavy atom. The van der Waals surface area contributed by atoms with Crippen LogP contribution in [-0.2, 0) is 9.84 Å². The summed E-state index contributed by atoms with van der Waals surface area (Å²) in [5, 5.41) is 2.61. The second kappa shape index (κ2) is 11.4. The first-order valence-electron chi connectivity index (χ1n) is 11.4. The summed E-state index contributed by atoms with van der Waals surface area (Å²) >= 11 is 0. The van der Waals surface area contributed by atoms with Crippen molar-refractivity contribution in [1.29, 1.82) is 0 Å². The number of carbonyl (C=O) groups excluding carboxylic acids is 1. The third kappa shape index (κ3) is 5.86. The first-order valence-corrected chi connectivity index (χ1v) is 12.9. The maximum absolute atomic E-state index is 12.9. The largest absolute Gasteiger partial charge is 0.493 e. The molecule has 0 saturated carbocycles. The van der Waals surface area contributed by atoms with Crippen LogP contribution in [0.5, 0.6) is 11.5 Å². The van der Waals surface area contributed by atoms with Gasteiger partial charge in [0.2, 0.25) is 14.9 Å². The highest BCUT2D eigenvalue weighted by Gasteiger charge is 2.25. The van der Waals surface area contributed by atoms with Crippen LogP contribution in [0.15, 0.2) is 69.0 Å². The van der Waals surface area contributed by atoms with E-state index in [0.717, 1.165) is 24.2 Å². The highest BCUT2D eigenvalue weighted by Crippen LogP contribution is 2.32. The van der Waals surface area contributed by atoms with Crippen molar-refractivity contribution in [2.45, 2.75) is 36.8 Å². The zero-order chi connectivity index (χ0) is 25.6. The molecule has 3 rings (SSSR count). The van der Waals surface area contributed by atoms with Gasteiger partial charge in [0.1, 0.15) is 0 Å². The molecule has 0 aliphatic carbocycles. The number of hydrogen-bond acceptors (Lipinski definition) is 7. The summed E-state index contributed by atoms with van der Waals surface area (Å²) in [5.41, 5.74) is 1.90. The molecular formula is C26H32N2O6S. The van der Waals surface area contributed by atoms with Crippen LogP contribution in [0.25, 0.3) is 0 Å². The van der Waals surface area contributed by atoms with Crippen molar-refractivity contribution in [2.24, 2.45) is 0 Å². The summed E-state index contributed by atoms with van der Waals surface area (Å²) in [6, 6.07) is 14.7. The van der Waals surface area contributed by atoms with Crippen molar-refractivity contribution in [1.82, 2.24) is 10.2 Å². The number of methoxy groups -OCH3 is 2. The average Bonchev–Trinajstić information content (AvgIpc) is 3.38. The van der Waals surface area contributed by atoms with E-state index in [1.54, 1.807) is 26.4 Å². The third-order valence-corrected chi connectivity index (χ3v) is 7.54. The number of furan rings is 1. The number of carbonyl (C=O) groups is 1. The number of nitrogens with zero attached hydrogens (tertiary/aromatic N) is 1. The molecule has 1 amide bonds. The minimum Gasteiger partial charge on any atom is -0.493 e. The van der Waals surface area contributed by atoms with Crippen LogP contribution < -0.4 is 14.8 Å². The van der Waals surface area contributed by atoms with Crippen LogP contribution in [0.2, 0.25) is 0 Å². The normalized spacial score (nSPS) is 12.4. The Hall–Kier alpha value is -3.30. The van der Waals surface area contributed by atoms with Crippen molar-refractivity contribution in [3.05, 3.63) is 71.5 Å². The van der Waals surface area contributed by atoms with E-state index in [4.69, 9.17) is 13.9 Å². The zero-order valence-corrected chi connectivity index (χ0v) is 21.5. The number of nitrogens with one attached hydrogen (secondary N) is 1. The molecular weight excluding hydrogens is 468 g/mol. The Morgan fingerprint density at radius 3 is 2.23 bits per heavy atom. The van der Waals surface area contributed by atoms with Crippen LogP contribution in [0.3, 0.4) is 0 Å². The van der Waals surface area contributed by atoms with Gasteiger partial charge in [-0.1, -0.05) is 37.6 Å². The Labute approximate surface area is 206 Å². The number of ether oxygens (including phenoxy) is 2. The van der Waals surface area contributed by atoms with Crippen LogP contribution >= 0.6 is 0 Å². The van der Waals surface area contributed by atoms with Crippen LogP contribution in [0, 0.1) is 6.92 Å². The van der Waals surface area contributed by atoms with Crippen molar-refractivity contribution in [3.63, 3.8) is 0 Å². The Morgan fingerprint density at radius 1 is 0.971 bits per heavy atom. The number of rotatable bonds is 11. The summed E-state index contributed by atoms with van der Waals surface area (Å²) in [5.74, 6) is 0.663. The van der Waals surface area contributed by atoms with Gasteiger partial charge in [0.05, 0.1) is 25.2 Å². The first-order chi connectivity index (χ1) is 16.7. The molecule has 2 aromatic carbocycles. The van der Waals surface area contributed by atoms with Crippen LogP contribution in [0.4, 0.5) is 0 Å². The standard InChI is InChI=1S/C26H32N2O6S/c1-6-28(7-2)21(19-10-13-22(32-4)24(16-19)33-5)17-27-26(29)23-14-15-25(34-23)35(30,31)20-11-8-18(3)9-12-20/h8-16,21H,6-7,17H2,1-5H3,(H,27,29). The fourth-order valence-electron chi connectivity index (χ4n) is 3.88. The predicted octanol–water partition coefficient (Wildman–Crippen LogP) is 4.25. The minimum absolute atomic E-state index is 0.0682. The van der Waals surface area contributed by atoms with Gasteiger partial charge in [-0.3, -0.25) is 9.69 Å². The van der Waals surface area contributed by atoms with E-state index in [1.165, 1.54) is 24.3 Å².